The standard InChI is InChI=1S/C23H24N6O5S/c1-33-16-8-9-17(18(12-16)34-2)25-21(31)13-35-23-28-27-19(29(23)15-6-4-3-5-7-15)10-14-11-20(30)26-22(32)24-14/h3-9,12,14H,10-11,13H2,1-2H3,(H,25,31)(H2,24,26,30,32). The molecule has 3 aromatic rings. The lowest BCUT2D eigenvalue weighted by atomic mass is 10.1. The van der Waals surface area contributed by atoms with Crippen LogP contribution in [0.25, 0.3) is 5.69 Å². The summed E-state index contributed by atoms with van der Waals surface area (Å²) >= 11 is 1.22. The monoisotopic (exact) mass is 496 g/mol. The van der Waals surface area contributed by atoms with E-state index < -0.39 is 12.1 Å². The van der Waals surface area contributed by atoms with Gasteiger partial charge in [0, 0.05) is 30.6 Å². The molecule has 182 valence electrons. The van der Waals surface area contributed by atoms with Crippen molar-refractivity contribution in [3.63, 3.8) is 0 Å². The fraction of sp³-hybridized carbons (Fsp3) is 0.261. The number of benzene rings is 2. The number of amides is 4. The molecule has 11 nitrogen and oxygen atoms in total. The van der Waals surface area contributed by atoms with E-state index in [1.165, 1.54) is 18.9 Å². The van der Waals surface area contributed by atoms with Crippen LogP contribution in [-0.4, -0.2) is 58.6 Å². The van der Waals surface area contributed by atoms with Crippen LogP contribution in [0.5, 0.6) is 11.5 Å². The molecule has 0 saturated carbocycles. The molecule has 1 aliphatic rings. The van der Waals surface area contributed by atoms with Crippen molar-refractivity contribution in [2.24, 2.45) is 0 Å². The van der Waals surface area contributed by atoms with Crippen molar-refractivity contribution in [2.45, 2.75) is 24.0 Å². The quantitative estimate of drug-likeness (QED) is 0.384. The van der Waals surface area contributed by atoms with Gasteiger partial charge in [0.1, 0.15) is 17.3 Å². The number of nitrogens with zero attached hydrogens (tertiary/aromatic N) is 3. The molecule has 1 aromatic heterocycles. The van der Waals surface area contributed by atoms with Gasteiger partial charge in [-0.05, 0) is 24.3 Å². The second kappa shape index (κ2) is 10.9. The minimum Gasteiger partial charge on any atom is -0.497 e. The Kier molecular flexibility index (Phi) is 7.51. The van der Waals surface area contributed by atoms with Crippen molar-refractivity contribution in [1.29, 1.82) is 0 Å². The van der Waals surface area contributed by atoms with Gasteiger partial charge < -0.3 is 20.1 Å². The van der Waals surface area contributed by atoms with Crippen LogP contribution in [-0.2, 0) is 16.0 Å². The van der Waals surface area contributed by atoms with Crippen molar-refractivity contribution in [2.75, 3.05) is 25.3 Å². The van der Waals surface area contributed by atoms with Crippen molar-refractivity contribution in [1.82, 2.24) is 25.4 Å². The van der Waals surface area contributed by atoms with Crippen molar-refractivity contribution in [3.05, 3.63) is 54.4 Å². The van der Waals surface area contributed by atoms with E-state index in [0.29, 0.717) is 34.6 Å². The summed E-state index contributed by atoms with van der Waals surface area (Å²) in [6, 6.07) is 13.6. The lowest BCUT2D eigenvalue weighted by molar-refractivity contribution is -0.121. The van der Waals surface area contributed by atoms with Crippen LogP contribution < -0.4 is 25.4 Å². The summed E-state index contributed by atoms with van der Waals surface area (Å²) in [7, 11) is 3.07. The summed E-state index contributed by atoms with van der Waals surface area (Å²) in [6.45, 7) is 0. The van der Waals surface area contributed by atoms with Gasteiger partial charge in [-0.25, -0.2) is 4.79 Å². The van der Waals surface area contributed by atoms with Gasteiger partial charge in [0.15, 0.2) is 5.16 Å². The third kappa shape index (κ3) is 5.90. The second-order valence-electron chi connectivity index (χ2n) is 7.60. The number of methoxy groups -OCH3 is 2. The first-order chi connectivity index (χ1) is 17.0. The van der Waals surface area contributed by atoms with Gasteiger partial charge in [0.2, 0.25) is 11.8 Å². The van der Waals surface area contributed by atoms with Gasteiger partial charge in [-0.2, -0.15) is 0 Å². The summed E-state index contributed by atoms with van der Waals surface area (Å²) in [4.78, 5) is 36.1. The Hall–Kier alpha value is -4.06. The zero-order valence-corrected chi connectivity index (χ0v) is 19.9. The Bertz CT molecular complexity index is 1220. The molecule has 0 aliphatic carbocycles. The molecule has 2 aromatic carbocycles. The number of carbonyl (C=O) groups excluding carboxylic acids is 3. The van der Waals surface area contributed by atoms with Crippen LogP contribution in [0.2, 0.25) is 0 Å². The molecule has 35 heavy (non-hydrogen) atoms. The van der Waals surface area contributed by atoms with E-state index in [1.807, 2.05) is 34.9 Å². The SMILES string of the molecule is COc1ccc(NC(=O)CSc2nnc(CC3CC(=O)NC(=O)N3)n2-c2ccccc2)c(OC)c1. The summed E-state index contributed by atoms with van der Waals surface area (Å²) in [5.41, 5.74) is 1.33. The second-order valence-corrected chi connectivity index (χ2v) is 8.54. The predicted molar refractivity (Wildman–Crippen MR) is 129 cm³/mol. The van der Waals surface area contributed by atoms with Gasteiger partial charge in [0.05, 0.1) is 25.7 Å². The number of urea groups is 1. The van der Waals surface area contributed by atoms with Crippen LogP contribution in [0.1, 0.15) is 12.2 Å². The maximum atomic E-state index is 12.7. The highest BCUT2D eigenvalue weighted by molar-refractivity contribution is 7.99. The first kappa shape index (κ1) is 24.1. The number of para-hydroxylation sites is 1. The van der Waals surface area contributed by atoms with Crippen molar-refractivity contribution < 1.29 is 23.9 Å². The fourth-order valence-electron chi connectivity index (χ4n) is 3.60. The van der Waals surface area contributed by atoms with Crippen LogP contribution in [0.4, 0.5) is 10.5 Å². The lowest BCUT2D eigenvalue weighted by Gasteiger charge is -2.23. The fourth-order valence-corrected chi connectivity index (χ4v) is 4.37. The molecular weight excluding hydrogens is 472 g/mol. The summed E-state index contributed by atoms with van der Waals surface area (Å²) < 4.78 is 12.3. The molecule has 12 heteroatoms. The molecule has 1 aliphatic heterocycles. The number of carbonyl (C=O) groups is 3. The molecule has 1 saturated heterocycles. The Balaban J connectivity index is 1.50. The Morgan fingerprint density at radius 1 is 1.14 bits per heavy atom. The van der Waals surface area contributed by atoms with Gasteiger partial charge in [0.25, 0.3) is 0 Å². The minimum absolute atomic E-state index is 0.0721. The predicted octanol–water partition coefficient (Wildman–Crippen LogP) is 2.16. The molecule has 0 bridgehead atoms. The molecule has 0 radical (unpaired) electrons. The number of rotatable bonds is 9. The smallest absolute Gasteiger partial charge is 0.321 e. The molecule has 1 atom stereocenters. The van der Waals surface area contributed by atoms with Gasteiger partial charge in [-0.15, -0.1) is 10.2 Å². The van der Waals surface area contributed by atoms with E-state index >= 15 is 0 Å². The third-order valence-electron chi connectivity index (χ3n) is 5.18. The van der Waals surface area contributed by atoms with Crippen LogP contribution in [0.3, 0.4) is 0 Å². The number of anilines is 1. The number of thioether (sulfide) groups is 1. The maximum Gasteiger partial charge on any atom is 0.321 e. The lowest BCUT2D eigenvalue weighted by Crippen LogP contribution is -2.53. The molecule has 4 rings (SSSR count). The molecule has 1 fully saturated rings. The van der Waals surface area contributed by atoms with Crippen LogP contribution >= 0.6 is 11.8 Å². The number of nitrogens with one attached hydrogen (secondary N) is 3. The highest BCUT2D eigenvalue weighted by Gasteiger charge is 2.27. The van der Waals surface area contributed by atoms with Crippen LogP contribution in [0, 0.1) is 0 Å². The minimum atomic E-state index is -0.530. The zero-order valence-electron chi connectivity index (χ0n) is 19.1. The third-order valence-corrected chi connectivity index (χ3v) is 6.11. The number of imide groups is 1. The number of hydrogen-bond acceptors (Lipinski definition) is 8. The molecule has 3 N–H and O–H groups in total. The average Bonchev–Trinajstić information content (AvgIpc) is 3.25. The summed E-state index contributed by atoms with van der Waals surface area (Å²) in [5.74, 6) is 1.14. The van der Waals surface area contributed by atoms with E-state index in [4.69, 9.17) is 9.47 Å². The van der Waals surface area contributed by atoms with E-state index in [9.17, 15) is 14.4 Å². The first-order valence-corrected chi connectivity index (χ1v) is 11.7. The van der Waals surface area contributed by atoms with Gasteiger partial charge in [-0.1, -0.05) is 30.0 Å². The van der Waals surface area contributed by atoms with Crippen LogP contribution in [0.15, 0.2) is 53.7 Å². The molecular formula is C23H24N6O5S. The van der Waals surface area contributed by atoms with E-state index in [1.54, 1.807) is 25.3 Å². The first-order valence-electron chi connectivity index (χ1n) is 10.7. The topological polar surface area (TPSA) is 136 Å². The Morgan fingerprint density at radius 2 is 1.94 bits per heavy atom. The number of hydrogen-bond donors (Lipinski definition) is 3. The molecule has 1 unspecified atom stereocenters. The average molecular weight is 497 g/mol. The van der Waals surface area contributed by atoms with Crippen molar-refractivity contribution >= 4 is 35.3 Å². The van der Waals surface area contributed by atoms with Gasteiger partial charge >= 0.3 is 6.03 Å². The Morgan fingerprint density at radius 3 is 2.66 bits per heavy atom. The normalized spacial score (nSPS) is 15.2. The van der Waals surface area contributed by atoms with Gasteiger partial charge in [-0.3, -0.25) is 19.5 Å². The van der Waals surface area contributed by atoms with E-state index in [2.05, 4.69) is 26.1 Å². The number of aromatic nitrogens is 3. The molecule has 4 amide bonds. The maximum absolute atomic E-state index is 12.7. The largest absolute Gasteiger partial charge is 0.497 e. The highest BCUT2D eigenvalue weighted by Crippen LogP contribution is 2.29. The van der Waals surface area contributed by atoms with Crippen molar-refractivity contribution in [3.8, 4) is 17.2 Å². The van der Waals surface area contributed by atoms with E-state index in [0.717, 1.165) is 5.69 Å². The Labute approximate surface area is 205 Å². The zero-order chi connectivity index (χ0) is 24.8. The summed E-state index contributed by atoms with van der Waals surface area (Å²) in [5, 5.41) is 16.9. The molecule has 0 spiro atoms. The number of ether oxygens (including phenoxy) is 2. The van der Waals surface area contributed by atoms with E-state index in [-0.39, 0.29) is 24.0 Å². The summed E-state index contributed by atoms with van der Waals surface area (Å²) in [6.07, 6.45) is 0.443. The highest BCUT2D eigenvalue weighted by atomic mass is 32.2. The molecule has 2 heterocycles.